The van der Waals surface area contributed by atoms with E-state index in [0.29, 0.717) is 106 Å². The number of alkyl halides is 1. The highest BCUT2D eigenvalue weighted by molar-refractivity contribution is 7.79. The van der Waals surface area contributed by atoms with Gasteiger partial charge in [0.1, 0.15) is 23.6 Å². The molecule has 16 nitrogen and oxygen atoms in total. The maximum Gasteiger partial charge on any atom is 0.191 e. The summed E-state index contributed by atoms with van der Waals surface area (Å²) in [4.78, 5) is 8.88. The smallest absolute Gasteiger partial charge is 0.191 e. The second-order valence-corrected chi connectivity index (χ2v) is 16.9. The van der Waals surface area contributed by atoms with E-state index in [1.54, 1.807) is 56.8 Å². The Morgan fingerprint density at radius 2 is 1.12 bits per heavy atom. The van der Waals surface area contributed by atoms with Crippen molar-refractivity contribution in [2.45, 2.75) is 58.0 Å². The van der Waals surface area contributed by atoms with Crippen molar-refractivity contribution in [1.29, 1.82) is 10.5 Å². The fourth-order valence-electron chi connectivity index (χ4n) is 6.54. The summed E-state index contributed by atoms with van der Waals surface area (Å²) in [6.07, 6.45) is 12.7. The van der Waals surface area contributed by atoms with Gasteiger partial charge in [0.2, 0.25) is 0 Å². The van der Waals surface area contributed by atoms with Crippen molar-refractivity contribution >= 4 is 91.3 Å². The van der Waals surface area contributed by atoms with E-state index in [4.69, 9.17) is 81.7 Å². The number of nitriles is 2. The minimum Gasteiger partial charge on any atom is -0.493 e. The van der Waals surface area contributed by atoms with E-state index < -0.39 is 0 Å². The summed E-state index contributed by atoms with van der Waals surface area (Å²) in [5.41, 5.74) is 21.6. The molecule has 2 aliphatic carbocycles. The first kappa shape index (κ1) is 55.5. The van der Waals surface area contributed by atoms with Gasteiger partial charge in [0.25, 0.3) is 0 Å². The second-order valence-electron chi connectivity index (χ2n) is 15.9. The number of hydrogen-bond donors (Lipinski definition) is 6. The fourth-order valence-corrected chi connectivity index (χ4v) is 6.92. The van der Waals surface area contributed by atoms with Gasteiger partial charge in [-0.3, -0.25) is 9.97 Å². The van der Waals surface area contributed by atoms with Crippen LogP contribution in [0, 0.1) is 22.7 Å². The first-order chi connectivity index (χ1) is 34.6. The van der Waals surface area contributed by atoms with Crippen molar-refractivity contribution < 1.29 is 28.4 Å². The normalized spacial score (nSPS) is 12.8. The molecule has 19 heteroatoms. The van der Waals surface area contributed by atoms with Crippen molar-refractivity contribution in [3.05, 3.63) is 120 Å². The number of thiocarbonyl (C=S) groups is 2. The van der Waals surface area contributed by atoms with Crippen LogP contribution in [0.1, 0.15) is 57.1 Å². The third-order valence-electron chi connectivity index (χ3n) is 10.5. The summed E-state index contributed by atoms with van der Waals surface area (Å²) < 4.78 is 33.8. The number of aromatic nitrogens is 2. The monoisotopic (exact) mass is 1030 g/mol. The fraction of sp³-hybridized carbons (Fsp3) is 0.283. The van der Waals surface area contributed by atoms with Crippen molar-refractivity contribution in [3.8, 4) is 46.6 Å². The molecule has 376 valence electrons. The van der Waals surface area contributed by atoms with Gasteiger partial charge in [-0.15, -0.1) is 11.6 Å². The van der Waals surface area contributed by atoms with Crippen LogP contribution in [-0.2, 0) is 0 Å². The van der Waals surface area contributed by atoms with E-state index in [2.05, 4.69) is 38.1 Å². The summed E-state index contributed by atoms with van der Waals surface area (Å²) in [6, 6.07) is 27.3. The largest absolute Gasteiger partial charge is 0.493 e. The molecular formula is C53H59ClN10O6S2. The zero-order valence-corrected chi connectivity index (χ0v) is 41.7. The maximum atomic E-state index is 9.70. The number of ether oxygens (including phenoxy) is 6. The molecule has 0 saturated heterocycles. The van der Waals surface area contributed by atoms with Crippen molar-refractivity contribution in [1.82, 2.24) is 15.3 Å². The van der Waals surface area contributed by atoms with E-state index in [1.165, 1.54) is 54.8 Å². The Hall–Kier alpha value is -7.45. The van der Waals surface area contributed by atoms with E-state index in [1.807, 2.05) is 36.4 Å². The lowest BCUT2D eigenvalue weighted by Gasteiger charge is -2.16. The molecule has 2 heterocycles. The van der Waals surface area contributed by atoms with Crippen molar-refractivity contribution in [2.24, 2.45) is 17.2 Å². The Morgan fingerprint density at radius 3 is 1.49 bits per heavy atom. The van der Waals surface area contributed by atoms with Gasteiger partial charge in [0.05, 0.1) is 61.0 Å². The van der Waals surface area contributed by atoms with Gasteiger partial charge in [0.15, 0.2) is 34.8 Å². The van der Waals surface area contributed by atoms with Crippen LogP contribution in [0.5, 0.6) is 34.5 Å². The molecule has 2 saturated carbocycles. The molecule has 0 aliphatic heterocycles. The lowest BCUT2D eigenvalue weighted by Crippen LogP contribution is -2.19. The lowest BCUT2D eigenvalue weighted by atomic mass is 10.1. The van der Waals surface area contributed by atoms with Gasteiger partial charge < -0.3 is 61.6 Å². The van der Waals surface area contributed by atoms with Gasteiger partial charge in [-0.2, -0.15) is 10.5 Å². The lowest BCUT2D eigenvalue weighted by molar-refractivity contribution is 0.288. The summed E-state index contributed by atoms with van der Waals surface area (Å²) in [6.45, 7) is 1.96. The van der Waals surface area contributed by atoms with Crippen molar-refractivity contribution in [3.63, 3.8) is 0 Å². The van der Waals surface area contributed by atoms with Crippen LogP contribution in [0.2, 0.25) is 0 Å². The Kier molecular flexibility index (Phi) is 21.9. The summed E-state index contributed by atoms with van der Waals surface area (Å²) in [5.74, 6) is 4.34. The number of pyridine rings is 2. The Bertz CT molecular complexity index is 2920. The maximum absolute atomic E-state index is 9.70. The number of halogens is 1. The molecule has 8 rings (SSSR count). The number of rotatable bonds is 22. The molecule has 0 amide bonds. The molecule has 0 radical (unpaired) electrons. The van der Waals surface area contributed by atoms with Crippen molar-refractivity contribution in [2.75, 3.05) is 50.5 Å². The number of nitrogens with one attached hydrogen (secondary N) is 3. The highest BCUT2D eigenvalue weighted by Gasteiger charge is 2.20. The minimum atomic E-state index is 0. The number of anilines is 4. The summed E-state index contributed by atoms with van der Waals surface area (Å²) >= 11 is 15.2. The van der Waals surface area contributed by atoms with Gasteiger partial charge in [0, 0.05) is 87.5 Å². The zero-order chi connectivity index (χ0) is 50.5. The van der Waals surface area contributed by atoms with E-state index in [9.17, 15) is 10.5 Å². The molecule has 2 aliphatic rings. The van der Waals surface area contributed by atoms with Gasteiger partial charge in [-0.25, -0.2) is 0 Å². The molecule has 0 spiro atoms. The molecule has 4 aromatic carbocycles. The number of allylic oxidation sites excluding steroid dienone is 2. The molecule has 2 fully saturated rings. The number of benzene rings is 4. The predicted octanol–water partition coefficient (Wildman–Crippen LogP) is 10.3. The SMILES string of the molecule is C.COc1cc2c(Nc3ccc(OC(N)=CC=S)cc3)c(C#N)cnc2cc1OCCCCl.COc1cc2c(Nc3ccc(OC(N)=CC=S)cc3)c(C#N)cnc2cc1OCCCNC1CC1.NC1CC1. The summed E-state index contributed by atoms with van der Waals surface area (Å²) in [7, 11) is 3.16. The first-order valence-corrected chi connectivity index (χ1v) is 24.1. The third kappa shape index (κ3) is 16.6. The molecule has 9 N–H and O–H groups in total. The molecular weight excluding hydrogens is 972 g/mol. The van der Waals surface area contributed by atoms with Crippen LogP contribution >= 0.6 is 36.0 Å². The standard InChI is InChI=1S/C26H27N5O3S.C23H21ClN4O3S.C3H7N.CH4/c1-32-23-13-21-22(14-24(23)33-11-2-10-29-18-3-4-18)30-16-17(15-27)26(21)31-19-5-7-20(8-6-19)34-25(28)9-12-35;1-29-20-11-18-19(12-21(20)30-9-2-8-24)27-14-15(13-25)23(18)28-16-3-5-17(6-4-16)31-22(26)7-10-32;4-3-1-2-3;/h5-9,12-14,16,18,29H,2-4,10-11,28H2,1H3,(H,30,31);3-7,10-12,14H,2,8-9,26H2,1H3,(H,27,28);3H,1-2,4H2;1H4. The molecule has 0 unspecified atom stereocenters. The van der Waals surface area contributed by atoms with E-state index >= 15 is 0 Å². The van der Waals surface area contributed by atoms with Gasteiger partial charge >= 0.3 is 0 Å². The molecule has 6 aromatic rings. The third-order valence-corrected chi connectivity index (χ3v) is 11.0. The van der Waals surface area contributed by atoms with Crippen LogP contribution in [-0.4, -0.2) is 72.6 Å². The Labute approximate surface area is 436 Å². The highest BCUT2D eigenvalue weighted by atomic mass is 35.5. The zero-order valence-electron chi connectivity index (χ0n) is 39.3. The number of methoxy groups -OCH3 is 2. The second kappa shape index (κ2) is 28.4. The average Bonchev–Trinajstić information content (AvgIpc) is 4.34. The Balaban J connectivity index is 0.000000245. The Morgan fingerprint density at radius 1 is 0.694 bits per heavy atom. The quantitative estimate of drug-likeness (QED) is 0.0122. The number of fused-ring (bicyclic) bond motifs is 2. The molecule has 72 heavy (non-hydrogen) atoms. The first-order valence-electron chi connectivity index (χ1n) is 22.6. The average molecular weight is 1030 g/mol. The van der Waals surface area contributed by atoms with Crippen LogP contribution < -0.4 is 61.6 Å². The molecule has 0 bridgehead atoms. The van der Waals surface area contributed by atoms with Gasteiger partial charge in [-0.05, 0) is 106 Å². The van der Waals surface area contributed by atoms with Gasteiger partial charge in [-0.1, -0.05) is 31.9 Å². The summed E-state index contributed by atoms with van der Waals surface area (Å²) in [5, 5.41) is 33.7. The number of nitrogens with two attached hydrogens (primary N) is 3. The van der Waals surface area contributed by atoms with Crippen LogP contribution in [0.4, 0.5) is 22.7 Å². The minimum absolute atomic E-state index is 0. The topological polar surface area (TPSA) is 243 Å². The highest BCUT2D eigenvalue weighted by Crippen LogP contribution is 2.39. The van der Waals surface area contributed by atoms with E-state index in [-0.39, 0.29) is 19.2 Å². The van der Waals surface area contributed by atoms with E-state index in [0.717, 1.165) is 35.1 Å². The molecule has 2 aromatic heterocycles. The molecule has 0 atom stereocenters. The number of hydrogen-bond acceptors (Lipinski definition) is 18. The van der Waals surface area contributed by atoms with Crippen LogP contribution in [0.25, 0.3) is 21.8 Å². The number of nitrogens with zero attached hydrogens (tertiary/aromatic N) is 4. The van der Waals surface area contributed by atoms with Crippen LogP contribution in [0.3, 0.4) is 0 Å². The predicted molar refractivity (Wildman–Crippen MR) is 294 cm³/mol. The van der Waals surface area contributed by atoms with Crippen LogP contribution in [0.15, 0.2) is 109 Å².